The van der Waals surface area contributed by atoms with E-state index in [0.29, 0.717) is 35.0 Å². The first-order chi connectivity index (χ1) is 17.5. The minimum absolute atomic E-state index is 0.0297. The zero-order valence-electron chi connectivity index (χ0n) is 19.8. The Kier molecular flexibility index (Phi) is 7.10. The van der Waals surface area contributed by atoms with Crippen molar-refractivity contribution in [1.82, 2.24) is 24.0 Å². The molecule has 2 aromatic carbocycles. The molecule has 0 spiro atoms. The van der Waals surface area contributed by atoms with E-state index in [9.17, 15) is 14.0 Å². The molecule has 0 saturated carbocycles. The molecule has 1 N–H and O–H groups in total. The van der Waals surface area contributed by atoms with Gasteiger partial charge in [0.05, 0.1) is 13.1 Å². The van der Waals surface area contributed by atoms with Crippen molar-refractivity contribution in [3.63, 3.8) is 0 Å². The van der Waals surface area contributed by atoms with Crippen molar-refractivity contribution in [2.45, 2.75) is 13.1 Å². The molecule has 5 rings (SSSR count). The van der Waals surface area contributed by atoms with Crippen LogP contribution in [-0.2, 0) is 20.1 Å². The van der Waals surface area contributed by atoms with Crippen molar-refractivity contribution in [3.8, 4) is 5.75 Å². The lowest BCUT2D eigenvalue weighted by molar-refractivity contribution is 0.191. The molecule has 2 aromatic heterocycles. The topological polar surface area (TPSA) is 86.3 Å². The molecule has 0 bridgehead atoms. The summed E-state index contributed by atoms with van der Waals surface area (Å²) in [6.07, 6.45) is 0. The zero-order valence-corrected chi connectivity index (χ0v) is 21.9. The van der Waals surface area contributed by atoms with E-state index in [-0.39, 0.29) is 6.54 Å². The van der Waals surface area contributed by atoms with Gasteiger partial charge in [-0.15, -0.1) is 0 Å². The number of aromatic nitrogens is 4. The molecule has 1 fully saturated rings. The van der Waals surface area contributed by atoms with Crippen LogP contribution in [0.15, 0.2) is 58.1 Å². The van der Waals surface area contributed by atoms with E-state index in [0.717, 1.165) is 35.3 Å². The third-order valence-electron chi connectivity index (χ3n) is 6.36. The fourth-order valence-electron chi connectivity index (χ4n) is 4.53. The summed E-state index contributed by atoms with van der Waals surface area (Å²) >= 11 is 2.29. The second-order valence-corrected chi connectivity index (χ2v) is 9.79. The highest BCUT2D eigenvalue weighted by atomic mass is 127. The van der Waals surface area contributed by atoms with E-state index < -0.39 is 18.1 Å². The van der Waals surface area contributed by atoms with Crippen molar-refractivity contribution in [2.75, 3.05) is 37.9 Å². The zero-order chi connectivity index (χ0) is 25.2. The number of aryl methyl sites for hydroxylation is 1. The molecule has 0 aliphatic carbocycles. The molecule has 188 valence electrons. The van der Waals surface area contributed by atoms with Gasteiger partial charge in [-0.3, -0.25) is 18.5 Å². The van der Waals surface area contributed by atoms with E-state index in [2.05, 4.69) is 32.8 Å². The summed E-state index contributed by atoms with van der Waals surface area (Å²) in [5.41, 5.74) is 1.58. The summed E-state index contributed by atoms with van der Waals surface area (Å²) in [6, 6.07) is 14.8. The van der Waals surface area contributed by atoms with Gasteiger partial charge in [0, 0.05) is 36.8 Å². The monoisotopic (exact) mass is 604 g/mol. The largest absolute Gasteiger partial charge is 0.463 e. The summed E-state index contributed by atoms with van der Waals surface area (Å²) in [4.78, 5) is 34.1. The number of nitrogens with zero attached hydrogens (tertiary/aromatic N) is 5. The molecule has 36 heavy (non-hydrogen) atoms. The molecule has 0 unspecified atom stereocenters. The molecule has 3 heterocycles. The van der Waals surface area contributed by atoms with Crippen LogP contribution in [0.4, 0.5) is 10.3 Å². The molecule has 1 saturated heterocycles. The highest BCUT2D eigenvalue weighted by molar-refractivity contribution is 14.1. The molecule has 0 atom stereocenters. The average molecular weight is 604 g/mol. The molecule has 1 aliphatic rings. The van der Waals surface area contributed by atoms with Gasteiger partial charge in [0.2, 0.25) is 12.8 Å². The van der Waals surface area contributed by atoms with Gasteiger partial charge in [0.15, 0.2) is 11.2 Å². The number of anilines is 1. The minimum atomic E-state index is -0.955. The van der Waals surface area contributed by atoms with E-state index in [4.69, 9.17) is 9.72 Å². The smallest absolute Gasteiger partial charge is 0.332 e. The molecule has 0 amide bonds. The van der Waals surface area contributed by atoms with Gasteiger partial charge < -0.3 is 15.0 Å². The highest BCUT2D eigenvalue weighted by Crippen LogP contribution is 2.24. The number of hydrogen-bond acceptors (Lipinski definition) is 6. The summed E-state index contributed by atoms with van der Waals surface area (Å²) < 4.78 is 23.2. The summed E-state index contributed by atoms with van der Waals surface area (Å²) in [6.45, 7) is 2.64. The quantitative estimate of drug-likeness (QED) is 0.326. The van der Waals surface area contributed by atoms with Crippen molar-refractivity contribution < 1.29 is 9.13 Å². The van der Waals surface area contributed by atoms with Crippen LogP contribution in [0.1, 0.15) is 11.1 Å². The third-order valence-corrected chi connectivity index (χ3v) is 7.41. The number of benzene rings is 2. The number of hydrogen-bond donors (Lipinski definition) is 1. The first-order valence-corrected chi connectivity index (χ1v) is 12.7. The first kappa shape index (κ1) is 24.5. The summed E-state index contributed by atoms with van der Waals surface area (Å²) in [7, 11) is 1.63. The normalized spacial score (nSPS) is 13.9. The first-order valence-electron chi connectivity index (χ1n) is 11.6. The number of nitrogens with one attached hydrogen (secondary N) is 1. The number of rotatable bonds is 7. The lowest BCUT2D eigenvalue weighted by Gasteiger charge is -2.28. The Bertz CT molecular complexity index is 1520. The van der Waals surface area contributed by atoms with Gasteiger partial charge in [-0.25, -0.2) is 9.18 Å². The summed E-state index contributed by atoms with van der Waals surface area (Å²) in [5.74, 6) is 1.01. The van der Waals surface area contributed by atoms with Crippen molar-refractivity contribution in [1.29, 1.82) is 0 Å². The van der Waals surface area contributed by atoms with Crippen LogP contribution in [0.2, 0.25) is 0 Å². The van der Waals surface area contributed by atoms with Crippen molar-refractivity contribution in [2.24, 2.45) is 7.05 Å². The predicted octanol–water partition coefficient (Wildman–Crippen LogP) is 2.31. The fraction of sp³-hybridized carbons (Fsp3) is 0.320. The Labute approximate surface area is 220 Å². The number of halogens is 2. The number of fused-ring (bicyclic) bond motifs is 1. The molecule has 4 aromatic rings. The van der Waals surface area contributed by atoms with Gasteiger partial charge >= 0.3 is 5.69 Å². The lowest BCUT2D eigenvalue weighted by atomic mass is 10.2. The SMILES string of the molecule is Cn1c(=O)n(Cc2cccc(OCF)c2)c(=O)c2c1nc(N1CCNCC1)n2Cc1ccccc1I. The van der Waals surface area contributed by atoms with Crippen LogP contribution in [0.25, 0.3) is 11.2 Å². The van der Waals surface area contributed by atoms with Crippen LogP contribution in [0, 0.1) is 3.57 Å². The maximum atomic E-state index is 13.9. The van der Waals surface area contributed by atoms with Gasteiger partial charge in [0.25, 0.3) is 5.56 Å². The standard InChI is InChI=1S/C25H26FIN6O3/c1-30-22-21(23(34)33(25(30)35)14-17-5-4-7-19(13-17)36-16-26)32(15-18-6-2-3-8-20(18)27)24(29-22)31-11-9-28-10-12-31/h2-8,13,28H,9-12,14-16H2,1H3. The van der Waals surface area contributed by atoms with Crippen LogP contribution in [0.3, 0.4) is 0 Å². The van der Waals surface area contributed by atoms with E-state index in [1.807, 2.05) is 28.8 Å². The highest BCUT2D eigenvalue weighted by Gasteiger charge is 2.25. The van der Waals surface area contributed by atoms with E-state index in [1.165, 1.54) is 9.13 Å². The Balaban J connectivity index is 1.69. The van der Waals surface area contributed by atoms with Gasteiger partial charge in [-0.05, 0) is 51.9 Å². The molecule has 1 aliphatic heterocycles. The van der Waals surface area contributed by atoms with Crippen molar-refractivity contribution >= 4 is 39.7 Å². The van der Waals surface area contributed by atoms with Crippen molar-refractivity contribution in [3.05, 3.63) is 84.1 Å². The number of imidazole rings is 1. The molecular weight excluding hydrogens is 578 g/mol. The molecule has 9 nitrogen and oxygen atoms in total. The maximum absolute atomic E-state index is 13.9. The fourth-order valence-corrected chi connectivity index (χ4v) is 5.09. The van der Waals surface area contributed by atoms with E-state index >= 15 is 0 Å². The lowest BCUT2D eigenvalue weighted by Crippen LogP contribution is -2.44. The molecule has 0 radical (unpaired) electrons. The second-order valence-electron chi connectivity index (χ2n) is 8.63. The van der Waals surface area contributed by atoms with Crippen LogP contribution in [0.5, 0.6) is 5.75 Å². The average Bonchev–Trinajstić information content (AvgIpc) is 3.27. The van der Waals surface area contributed by atoms with E-state index in [1.54, 1.807) is 31.3 Å². The number of piperazine rings is 1. The van der Waals surface area contributed by atoms with Crippen LogP contribution >= 0.6 is 22.6 Å². The van der Waals surface area contributed by atoms with Crippen LogP contribution < -0.4 is 26.2 Å². The predicted molar refractivity (Wildman–Crippen MR) is 145 cm³/mol. The third kappa shape index (κ3) is 4.64. The Morgan fingerprint density at radius 1 is 1.06 bits per heavy atom. The molecular formula is C25H26FIN6O3. The van der Waals surface area contributed by atoms with Gasteiger partial charge in [-0.1, -0.05) is 30.3 Å². The number of alkyl halides is 1. The van der Waals surface area contributed by atoms with Gasteiger partial charge in [-0.2, -0.15) is 4.98 Å². The Morgan fingerprint density at radius 2 is 1.83 bits per heavy atom. The second kappa shape index (κ2) is 10.4. The Hall–Kier alpha value is -3.19. The minimum Gasteiger partial charge on any atom is -0.463 e. The number of ether oxygens (including phenoxy) is 1. The van der Waals surface area contributed by atoms with Crippen LogP contribution in [-0.4, -0.2) is 51.7 Å². The Morgan fingerprint density at radius 3 is 2.58 bits per heavy atom. The molecule has 11 heteroatoms. The summed E-state index contributed by atoms with van der Waals surface area (Å²) in [5, 5.41) is 3.34. The maximum Gasteiger partial charge on any atom is 0.332 e. The van der Waals surface area contributed by atoms with Gasteiger partial charge in [0.1, 0.15) is 5.75 Å².